The number of hydrogen-bond donors (Lipinski definition) is 1. The molecule has 4 heteroatoms. The molecule has 0 unspecified atom stereocenters. The molecule has 4 nitrogen and oxygen atoms in total. The van der Waals surface area contributed by atoms with Crippen molar-refractivity contribution in [3.63, 3.8) is 0 Å². The van der Waals surface area contributed by atoms with E-state index >= 15 is 0 Å². The van der Waals surface area contributed by atoms with E-state index in [4.69, 9.17) is 0 Å². The molecule has 1 N–H and O–H groups in total. The highest BCUT2D eigenvalue weighted by atomic mass is 16.2. The van der Waals surface area contributed by atoms with E-state index in [2.05, 4.69) is 17.1 Å². The lowest BCUT2D eigenvalue weighted by Gasteiger charge is -2.34. The smallest absolute Gasteiger partial charge is 0.253 e. The van der Waals surface area contributed by atoms with Gasteiger partial charge in [0.25, 0.3) is 5.91 Å². The van der Waals surface area contributed by atoms with Gasteiger partial charge in [0.2, 0.25) is 0 Å². The molecule has 1 aromatic carbocycles. The number of nitrogens with one attached hydrogen (secondary N) is 1. The summed E-state index contributed by atoms with van der Waals surface area (Å²) in [7, 11) is 1.94. The largest absolute Gasteiger partial charge is 0.339 e. The molecule has 1 fully saturated rings. The van der Waals surface area contributed by atoms with E-state index in [1.54, 1.807) is 6.20 Å². The Morgan fingerprint density at radius 2 is 2.10 bits per heavy atom. The van der Waals surface area contributed by atoms with Crippen LogP contribution in [0.15, 0.2) is 24.4 Å². The van der Waals surface area contributed by atoms with Gasteiger partial charge in [0.05, 0.1) is 11.7 Å². The molecule has 2 aromatic rings. The van der Waals surface area contributed by atoms with Crippen LogP contribution in [-0.2, 0) is 0 Å². The molecular weight excluding hydrogens is 262 g/mol. The molecule has 1 amide bonds. The van der Waals surface area contributed by atoms with Crippen molar-refractivity contribution in [3.8, 4) is 0 Å². The lowest BCUT2D eigenvalue weighted by molar-refractivity contribution is 0.0675. The van der Waals surface area contributed by atoms with Crippen molar-refractivity contribution in [2.24, 2.45) is 5.92 Å². The monoisotopic (exact) mass is 285 g/mol. The zero-order chi connectivity index (χ0) is 14.8. The van der Waals surface area contributed by atoms with Crippen LogP contribution in [0.3, 0.4) is 0 Å². The third kappa shape index (κ3) is 2.80. The van der Waals surface area contributed by atoms with Crippen LogP contribution in [-0.4, -0.2) is 34.1 Å². The molecule has 112 valence electrons. The third-order valence-corrected chi connectivity index (χ3v) is 4.95. The molecule has 0 spiro atoms. The number of carbonyl (C=O) groups excluding carboxylic acids is 1. The van der Waals surface area contributed by atoms with E-state index in [9.17, 15) is 4.79 Å². The Labute approximate surface area is 125 Å². The zero-order valence-electron chi connectivity index (χ0n) is 12.8. The van der Waals surface area contributed by atoms with Crippen LogP contribution in [0, 0.1) is 5.92 Å². The molecule has 0 bridgehead atoms. The highest BCUT2D eigenvalue weighted by molar-refractivity contribution is 5.97. The van der Waals surface area contributed by atoms with E-state index in [0.29, 0.717) is 6.04 Å². The van der Waals surface area contributed by atoms with Gasteiger partial charge in [-0.15, -0.1) is 0 Å². The zero-order valence-corrected chi connectivity index (χ0v) is 12.8. The van der Waals surface area contributed by atoms with Crippen molar-refractivity contribution in [3.05, 3.63) is 30.0 Å². The minimum atomic E-state index is 0.117. The molecule has 1 heterocycles. The second-order valence-corrected chi connectivity index (χ2v) is 6.17. The fraction of sp³-hybridized carbons (Fsp3) is 0.529. The molecule has 0 atom stereocenters. The molecule has 1 aliphatic carbocycles. The number of carbonyl (C=O) groups is 1. The number of aromatic nitrogens is 2. The summed E-state index contributed by atoms with van der Waals surface area (Å²) < 4.78 is 0. The van der Waals surface area contributed by atoms with Crippen LogP contribution < -0.4 is 0 Å². The number of fused-ring (bicyclic) bond motifs is 1. The van der Waals surface area contributed by atoms with Crippen molar-refractivity contribution in [1.29, 1.82) is 0 Å². The van der Waals surface area contributed by atoms with Gasteiger partial charge in [0.1, 0.15) is 0 Å². The molecular formula is C17H23N3O. The highest BCUT2D eigenvalue weighted by Crippen LogP contribution is 2.29. The Morgan fingerprint density at radius 3 is 2.81 bits per heavy atom. The summed E-state index contributed by atoms with van der Waals surface area (Å²) in [5.41, 5.74) is 1.66. The third-order valence-electron chi connectivity index (χ3n) is 4.95. The maximum atomic E-state index is 12.7. The van der Waals surface area contributed by atoms with Crippen molar-refractivity contribution in [2.75, 3.05) is 7.05 Å². The number of H-pyrrole nitrogens is 1. The average Bonchev–Trinajstić information content (AvgIpc) is 3.01. The van der Waals surface area contributed by atoms with Crippen LogP contribution in [0.25, 0.3) is 10.9 Å². The van der Waals surface area contributed by atoms with Crippen LogP contribution in [0.2, 0.25) is 0 Å². The van der Waals surface area contributed by atoms with Crippen molar-refractivity contribution < 1.29 is 4.79 Å². The molecule has 3 rings (SSSR count). The molecule has 1 aromatic heterocycles. The maximum absolute atomic E-state index is 12.7. The molecule has 0 saturated heterocycles. The van der Waals surface area contributed by atoms with Gasteiger partial charge in [-0.1, -0.05) is 19.4 Å². The average molecular weight is 285 g/mol. The number of amides is 1. The topological polar surface area (TPSA) is 49.0 Å². The van der Waals surface area contributed by atoms with Gasteiger partial charge in [-0.3, -0.25) is 9.89 Å². The molecule has 0 radical (unpaired) electrons. The summed E-state index contributed by atoms with van der Waals surface area (Å²) in [5.74, 6) is 0.970. The standard InChI is InChI=1S/C17H23N3O/c1-3-12-4-8-15(9-5-12)20(2)17(21)13-6-7-14-11-18-19-16(14)10-13/h6-7,10-12,15H,3-5,8-9H2,1-2H3,(H,18,19). The summed E-state index contributed by atoms with van der Waals surface area (Å²) in [6.07, 6.45) is 7.80. The quantitative estimate of drug-likeness (QED) is 0.936. The maximum Gasteiger partial charge on any atom is 0.253 e. The summed E-state index contributed by atoms with van der Waals surface area (Å²) in [6.45, 7) is 2.26. The van der Waals surface area contributed by atoms with E-state index in [1.807, 2.05) is 30.1 Å². The van der Waals surface area contributed by atoms with Gasteiger partial charge in [0.15, 0.2) is 0 Å². The number of rotatable bonds is 3. The van der Waals surface area contributed by atoms with E-state index in [-0.39, 0.29) is 5.91 Å². The second kappa shape index (κ2) is 5.88. The Hall–Kier alpha value is -1.84. The Bertz CT molecular complexity index is 626. The van der Waals surface area contributed by atoms with Gasteiger partial charge >= 0.3 is 0 Å². The molecule has 0 aliphatic heterocycles. The van der Waals surface area contributed by atoms with Gasteiger partial charge in [-0.25, -0.2) is 0 Å². The van der Waals surface area contributed by atoms with Crippen molar-refractivity contribution in [1.82, 2.24) is 15.1 Å². The first-order chi connectivity index (χ1) is 10.2. The SMILES string of the molecule is CCC1CCC(N(C)C(=O)c2ccc3cn[nH]c3c2)CC1. The summed E-state index contributed by atoms with van der Waals surface area (Å²) in [4.78, 5) is 14.6. The van der Waals surface area contributed by atoms with Crippen LogP contribution in [0.4, 0.5) is 0 Å². The first-order valence-corrected chi connectivity index (χ1v) is 7.89. The van der Waals surface area contributed by atoms with Crippen molar-refractivity contribution >= 4 is 16.8 Å². The predicted octanol–water partition coefficient (Wildman–Crippen LogP) is 3.60. The number of benzene rings is 1. The Kier molecular flexibility index (Phi) is 3.95. The predicted molar refractivity (Wildman–Crippen MR) is 84.2 cm³/mol. The van der Waals surface area contributed by atoms with Gasteiger partial charge in [-0.2, -0.15) is 5.10 Å². The Morgan fingerprint density at radius 1 is 1.33 bits per heavy atom. The first-order valence-electron chi connectivity index (χ1n) is 7.89. The van der Waals surface area contributed by atoms with E-state index in [0.717, 1.165) is 35.2 Å². The number of aromatic amines is 1. The van der Waals surface area contributed by atoms with Crippen molar-refractivity contribution in [2.45, 2.75) is 45.1 Å². The highest BCUT2D eigenvalue weighted by Gasteiger charge is 2.26. The first kappa shape index (κ1) is 14.1. The van der Waals surface area contributed by atoms with Gasteiger partial charge in [0, 0.05) is 24.0 Å². The normalized spacial score (nSPS) is 22.4. The Balaban J connectivity index is 1.72. The fourth-order valence-corrected chi connectivity index (χ4v) is 3.38. The fourth-order valence-electron chi connectivity index (χ4n) is 3.38. The molecule has 21 heavy (non-hydrogen) atoms. The van der Waals surface area contributed by atoms with E-state index in [1.165, 1.54) is 19.3 Å². The second-order valence-electron chi connectivity index (χ2n) is 6.17. The van der Waals surface area contributed by atoms with Gasteiger partial charge in [-0.05, 0) is 43.7 Å². The summed E-state index contributed by atoms with van der Waals surface area (Å²) in [5, 5.41) is 7.97. The number of nitrogens with zero attached hydrogens (tertiary/aromatic N) is 2. The van der Waals surface area contributed by atoms with Crippen LogP contribution in [0.1, 0.15) is 49.4 Å². The van der Waals surface area contributed by atoms with E-state index < -0.39 is 0 Å². The molecule has 1 aliphatic rings. The van der Waals surface area contributed by atoms with Gasteiger partial charge < -0.3 is 4.90 Å². The van der Waals surface area contributed by atoms with Crippen LogP contribution >= 0.6 is 0 Å². The minimum Gasteiger partial charge on any atom is -0.339 e. The molecule has 1 saturated carbocycles. The lowest BCUT2D eigenvalue weighted by Crippen LogP contribution is -2.39. The van der Waals surface area contributed by atoms with Crippen LogP contribution in [0.5, 0.6) is 0 Å². The minimum absolute atomic E-state index is 0.117. The summed E-state index contributed by atoms with van der Waals surface area (Å²) in [6, 6.07) is 6.14. The summed E-state index contributed by atoms with van der Waals surface area (Å²) >= 11 is 0. The number of hydrogen-bond acceptors (Lipinski definition) is 2. The lowest BCUT2D eigenvalue weighted by atomic mass is 9.84.